The van der Waals surface area contributed by atoms with Crippen LogP contribution in [-0.4, -0.2) is 18.2 Å². The van der Waals surface area contributed by atoms with Crippen LogP contribution < -0.4 is 5.32 Å². The van der Waals surface area contributed by atoms with Crippen LogP contribution in [0.1, 0.15) is 24.0 Å². The number of rotatable bonds is 2. The van der Waals surface area contributed by atoms with Crippen LogP contribution in [0.15, 0.2) is 6.07 Å². The largest absolute Gasteiger partial charge is 0.506 e. The van der Waals surface area contributed by atoms with Gasteiger partial charge in [0.1, 0.15) is 11.6 Å². The molecule has 1 aromatic carbocycles. The summed E-state index contributed by atoms with van der Waals surface area (Å²) in [4.78, 5) is 0. The maximum absolute atomic E-state index is 13.6. The van der Waals surface area contributed by atoms with Gasteiger partial charge < -0.3 is 10.4 Å². The predicted octanol–water partition coefficient (Wildman–Crippen LogP) is 3.04. The van der Waals surface area contributed by atoms with Gasteiger partial charge in [-0.15, -0.1) is 0 Å². The van der Waals surface area contributed by atoms with Gasteiger partial charge in [0.25, 0.3) is 0 Å². The molecule has 2 nitrogen and oxygen atoms in total. The molecule has 0 bridgehead atoms. The Kier molecular flexibility index (Phi) is 3.89. The zero-order valence-electron chi connectivity index (χ0n) is 9.89. The quantitative estimate of drug-likeness (QED) is 0.854. The minimum Gasteiger partial charge on any atom is -0.506 e. The average Bonchev–Trinajstić information content (AvgIpc) is 2.33. The number of hydrogen-bond donors (Lipinski definition) is 2. The lowest BCUT2D eigenvalue weighted by atomic mass is 9.89. The van der Waals surface area contributed by atoms with Crippen molar-refractivity contribution >= 4 is 11.6 Å². The minimum atomic E-state index is -0.336. The molecule has 0 saturated carbocycles. The van der Waals surface area contributed by atoms with Crippen molar-refractivity contribution in [3.63, 3.8) is 0 Å². The van der Waals surface area contributed by atoms with Gasteiger partial charge >= 0.3 is 0 Å². The summed E-state index contributed by atoms with van der Waals surface area (Å²) >= 11 is 5.81. The third kappa shape index (κ3) is 2.72. The Bertz CT molecular complexity index is 390. The van der Waals surface area contributed by atoms with Gasteiger partial charge in [0.2, 0.25) is 0 Å². The zero-order valence-corrected chi connectivity index (χ0v) is 10.6. The normalized spacial score (nSPS) is 17.4. The van der Waals surface area contributed by atoms with E-state index >= 15 is 0 Å². The Labute approximate surface area is 106 Å². The molecule has 1 saturated heterocycles. The van der Waals surface area contributed by atoms with E-state index < -0.39 is 0 Å². The topological polar surface area (TPSA) is 32.3 Å². The smallest absolute Gasteiger partial charge is 0.137 e. The highest BCUT2D eigenvalue weighted by atomic mass is 35.5. The second-order valence-electron chi connectivity index (χ2n) is 4.69. The van der Waals surface area contributed by atoms with Crippen LogP contribution in [0.5, 0.6) is 5.75 Å². The molecule has 0 spiro atoms. The molecule has 94 valence electrons. The third-order valence-electron chi connectivity index (χ3n) is 3.53. The Balaban J connectivity index is 2.24. The molecule has 17 heavy (non-hydrogen) atoms. The molecule has 0 radical (unpaired) electrons. The summed E-state index contributed by atoms with van der Waals surface area (Å²) in [5.74, 6) is 0.208. The van der Waals surface area contributed by atoms with Crippen LogP contribution in [0.3, 0.4) is 0 Å². The van der Waals surface area contributed by atoms with Gasteiger partial charge in [-0.1, -0.05) is 11.6 Å². The van der Waals surface area contributed by atoms with Crippen molar-refractivity contribution < 1.29 is 9.50 Å². The monoisotopic (exact) mass is 257 g/mol. The Morgan fingerprint density at radius 2 is 2.12 bits per heavy atom. The molecule has 1 aliphatic rings. The first-order valence-electron chi connectivity index (χ1n) is 5.96. The van der Waals surface area contributed by atoms with Crippen LogP contribution in [0, 0.1) is 18.7 Å². The van der Waals surface area contributed by atoms with Gasteiger partial charge in [0.15, 0.2) is 0 Å². The van der Waals surface area contributed by atoms with E-state index in [1.165, 1.54) is 6.07 Å². The molecule has 0 amide bonds. The molecule has 0 unspecified atom stereocenters. The molecular weight excluding hydrogens is 241 g/mol. The van der Waals surface area contributed by atoms with Crippen LogP contribution in [0.25, 0.3) is 0 Å². The second kappa shape index (κ2) is 5.23. The van der Waals surface area contributed by atoms with Crippen LogP contribution in [0.2, 0.25) is 5.02 Å². The zero-order chi connectivity index (χ0) is 12.4. The number of phenols is 1. The Morgan fingerprint density at radius 3 is 2.76 bits per heavy atom. The van der Waals surface area contributed by atoms with Crippen molar-refractivity contribution in [3.8, 4) is 5.75 Å². The summed E-state index contributed by atoms with van der Waals surface area (Å²) in [6.07, 6.45) is 2.83. The van der Waals surface area contributed by atoms with E-state index in [0.29, 0.717) is 23.5 Å². The SMILES string of the molecule is Cc1c(F)cc(Cl)c(O)c1CC1CCNCC1. The summed E-state index contributed by atoms with van der Waals surface area (Å²) in [7, 11) is 0. The fourth-order valence-corrected chi connectivity index (χ4v) is 2.59. The first-order chi connectivity index (χ1) is 8.09. The van der Waals surface area contributed by atoms with Gasteiger partial charge in [-0.3, -0.25) is 0 Å². The second-order valence-corrected chi connectivity index (χ2v) is 5.10. The summed E-state index contributed by atoms with van der Waals surface area (Å²) in [6.45, 7) is 3.68. The number of aromatic hydroxyl groups is 1. The summed E-state index contributed by atoms with van der Waals surface area (Å²) in [5.41, 5.74) is 1.19. The third-order valence-corrected chi connectivity index (χ3v) is 3.82. The first-order valence-corrected chi connectivity index (χ1v) is 6.34. The molecule has 1 heterocycles. The van der Waals surface area contributed by atoms with Crippen molar-refractivity contribution in [2.75, 3.05) is 13.1 Å². The lowest BCUT2D eigenvalue weighted by Gasteiger charge is -2.24. The maximum atomic E-state index is 13.6. The summed E-state index contributed by atoms with van der Waals surface area (Å²) in [5, 5.41) is 13.3. The van der Waals surface area contributed by atoms with Crippen molar-refractivity contribution in [2.45, 2.75) is 26.2 Å². The molecule has 1 fully saturated rings. The lowest BCUT2D eigenvalue weighted by molar-refractivity contribution is 0.365. The number of phenolic OH excluding ortho intramolecular Hbond substituents is 1. The fraction of sp³-hybridized carbons (Fsp3) is 0.538. The highest BCUT2D eigenvalue weighted by Crippen LogP contribution is 2.34. The molecule has 4 heteroatoms. The van der Waals surface area contributed by atoms with Gasteiger partial charge in [-0.25, -0.2) is 4.39 Å². The van der Waals surface area contributed by atoms with E-state index in [9.17, 15) is 9.50 Å². The van der Waals surface area contributed by atoms with E-state index in [1.807, 2.05) is 0 Å². The van der Waals surface area contributed by atoms with Crippen molar-refractivity contribution in [1.29, 1.82) is 0 Å². The summed E-state index contributed by atoms with van der Waals surface area (Å²) < 4.78 is 13.6. The molecule has 0 aliphatic carbocycles. The van der Waals surface area contributed by atoms with Crippen molar-refractivity contribution in [3.05, 3.63) is 28.0 Å². The van der Waals surface area contributed by atoms with Gasteiger partial charge in [0, 0.05) is 5.56 Å². The van der Waals surface area contributed by atoms with E-state index in [1.54, 1.807) is 6.92 Å². The molecule has 0 aromatic heterocycles. The first kappa shape index (κ1) is 12.7. The number of hydrogen-bond acceptors (Lipinski definition) is 2. The fourth-order valence-electron chi connectivity index (χ4n) is 2.38. The maximum Gasteiger partial charge on any atom is 0.137 e. The molecule has 2 rings (SSSR count). The van der Waals surface area contributed by atoms with Gasteiger partial charge in [0.05, 0.1) is 5.02 Å². The predicted molar refractivity (Wildman–Crippen MR) is 67.1 cm³/mol. The van der Waals surface area contributed by atoms with Crippen molar-refractivity contribution in [1.82, 2.24) is 5.32 Å². The molecular formula is C13H17ClFNO. The molecule has 1 aliphatic heterocycles. The van der Waals surface area contributed by atoms with Crippen molar-refractivity contribution in [2.24, 2.45) is 5.92 Å². The van der Waals surface area contributed by atoms with Crippen LogP contribution in [-0.2, 0) is 6.42 Å². The standard InChI is InChI=1S/C13H17ClFNO/c1-8-10(6-9-2-4-16-5-3-9)13(17)11(14)7-12(8)15/h7,9,16-17H,2-6H2,1H3. The lowest BCUT2D eigenvalue weighted by Crippen LogP contribution is -2.28. The highest BCUT2D eigenvalue weighted by molar-refractivity contribution is 6.32. The minimum absolute atomic E-state index is 0.0455. The Morgan fingerprint density at radius 1 is 1.47 bits per heavy atom. The number of piperidine rings is 1. The molecule has 1 aromatic rings. The highest BCUT2D eigenvalue weighted by Gasteiger charge is 2.19. The molecule has 0 atom stereocenters. The van der Waals surface area contributed by atoms with E-state index in [0.717, 1.165) is 25.9 Å². The number of benzene rings is 1. The van der Waals surface area contributed by atoms with E-state index in [2.05, 4.69) is 5.32 Å². The van der Waals surface area contributed by atoms with Crippen LogP contribution >= 0.6 is 11.6 Å². The average molecular weight is 258 g/mol. The Hall–Kier alpha value is -0.800. The van der Waals surface area contributed by atoms with E-state index in [-0.39, 0.29) is 16.6 Å². The molecule has 2 N–H and O–H groups in total. The van der Waals surface area contributed by atoms with Crippen LogP contribution in [0.4, 0.5) is 4.39 Å². The summed E-state index contributed by atoms with van der Waals surface area (Å²) in [6, 6.07) is 1.18. The number of halogens is 2. The number of nitrogens with one attached hydrogen (secondary N) is 1. The van der Waals surface area contributed by atoms with E-state index in [4.69, 9.17) is 11.6 Å². The van der Waals surface area contributed by atoms with Gasteiger partial charge in [-0.05, 0) is 56.8 Å². The van der Waals surface area contributed by atoms with Gasteiger partial charge in [-0.2, -0.15) is 0 Å².